The molecule has 0 atom stereocenters. The first-order valence-corrected chi connectivity index (χ1v) is 4.95. The van der Waals surface area contributed by atoms with Crippen molar-refractivity contribution in [2.24, 2.45) is 5.73 Å². The van der Waals surface area contributed by atoms with E-state index in [1.54, 1.807) is 18.3 Å². The predicted molar refractivity (Wildman–Crippen MR) is 61.8 cm³/mol. The third-order valence-corrected chi connectivity index (χ3v) is 2.16. The van der Waals surface area contributed by atoms with Gasteiger partial charge in [-0.15, -0.1) is 0 Å². The minimum absolute atomic E-state index is 0.274. The number of hydrogen-bond acceptors (Lipinski definition) is 3. The molecule has 0 amide bonds. The summed E-state index contributed by atoms with van der Waals surface area (Å²) in [6.45, 7) is 0.466. The molecule has 0 unspecified atom stereocenters. The van der Waals surface area contributed by atoms with E-state index in [2.05, 4.69) is 10.3 Å². The zero-order chi connectivity index (χ0) is 11.4. The summed E-state index contributed by atoms with van der Waals surface area (Å²) in [5.74, 6) is 0.395. The molecule has 1 aromatic carbocycles. The minimum atomic E-state index is -0.274. The van der Waals surface area contributed by atoms with Gasteiger partial charge in [0.2, 0.25) is 0 Å². The van der Waals surface area contributed by atoms with Crippen molar-refractivity contribution >= 4 is 11.5 Å². The first-order valence-electron chi connectivity index (χ1n) is 4.95. The van der Waals surface area contributed by atoms with Crippen LogP contribution >= 0.6 is 0 Å². The first kappa shape index (κ1) is 10.6. The summed E-state index contributed by atoms with van der Waals surface area (Å²) in [6, 6.07) is 9.93. The summed E-state index contributed by atoms with van der Waals surface area (Å²) in [5.41, 5.74) is 7.10. The zero-order valence-electron chi connectivity index (χ0n) is 8.65. The Morgan fingerprint density at radius 3 is 2.75 bits per heavy atom. The quantitative estimate of drug-likeness (QED) is 0.830. The molecule has 0 saturated heterocycles. The van der Waals surface area contributed by atoms with Gasteiger partial charge in [-0.1, -0.05) is 12.1 Å². The van der Waals surface area contributed by atoms with Crippen LogP contribution < -0.4 is 11.1 Å². The maximum atomic E-state index is 12.9. The van der Waals surface area contributed by atoms with E-state index in [-0.39, 0.29) is 5.82 Å². The van der Waals surface area contributed by atoms with E-state index in [1.165, 1.54) is 12.1 Å². The number of hydrogen-bond donors (Lipinski definition) is 2. The van der Waals surface area contributed by atoms with Crippen LogP contribution in [0.2, 0.25) is 0 Å². The van der Waals surface area contributed by atoms with Crippen molar-refractivity contribution < 1.29 is 4.39 Å². The number of nitrogens with zero attached hydrogens (tertiary/aromatic N) is 1. The lowest BCUT2D eigenvalue weighted by atomic mass is 10.2. The topological polar surface area (TPSA) is 50.9 Å². The number of halogens is 1. The average Bonchev–Trinajstić information content (AvgIpc) is 2.30. The van der Waals surface area contributed by atoms with Crippen LogP contribution in [0.5, 0.6) is 0 Å². The third kappa shape index (κ3) is 2.55. The van der Waals surface area contributed by atoms with Crippen LogP contribution in [0.3, 0.4) is 0 Å². The fourth-order valence-corrected chi connectivity index (χ4v) is 1.33. The average molecular weight is 217 g/mol. The smallest absolute Gasteiger partial charge is 0.130 e. The normalized spacial score (nSPS) is 10.1. The van der Waals surface area contributed by atoms with Gasteiger partial charge in [0.1, 0.15) is 11.6 Å². The molecule has 0 aliphatic carbocycles. The molecule has 0 spiro atoms. The Morgan fingerprint density at radius 2 is 2.12 bits per heavy atom. The number of pyridine rings is 1. The molecule has 0 aliphatic rings. The Kier molecular flexibility index (Phi) is 3.12. The maximum absolute atomic E-state index is 12.9. The van der Waals surface area contributed by atoms with Crippen LogP contribution in [-0.4, -0.2) is 4.98 Å². The Morgan fingerprint density at radius 1 is 1.25 bits per heavy atom. The van der Waals surface area contributed by atoms with Crippen LogP contribution in [0.15, 0.2) is 42.6 Å². The van der Waals surface area contributed by atoms with Crippen molar-refractivity contribution in [1.82, 2.24) is 4.98 Å². The highest BCUT2D eigenvalue weighted by Crippen LogP contribution is 2.15. The van der Waals surface area contributed by atoms with Crippen LogP contribution in [-0.2, 0) is 6.54 Å². The number of rotatable bonds is 3. The van der Waals surface area contributed by atoms with E-state index >= 15 is 0 Å². The monoisotopic (exact) mass is 217 g/mol. The summed E-state index contributed by atoms with van der Waals surface area (Å²) >= 11 is 0. The predicted octanol–water partition coefficient (Wildman–Crippen LogP) is 2.42. The van der Waals surface area contributed by atoms with Crippen LogP contribution in [0.1, 0.15) is 5.56 Å². The second-order valence-electron chi connectivity index (χ2n) is 3.39. The van der Waals surface area contributed by atoms with Gasteiger partial charge < -0.3 is 11.1 Å². The van der Waals surface area contributed by atoms with Crippen molar-refractivity contribution in [2.75, 3.05) is 5.32 Å². The summed E-state index contributed by atoms with van der Waals surface area (Å²) in [7, 11) is 0. The SMILES string of the molecule is NCc1ccc(Nc2cccc(F)c2)nc1. The fourth-order valence-electron chi connectivity index (χ4n) is 1.33. The third-order valence-electron chi connectivity index (χ3n) is 2.16. The van der Waals surface area contributed by atoms with Gasteiger partial charge in [0, 0.05) is 18.4 Å². The van der Waals surface area contributed by atoms with E-state index in [9.17, 15) is 4.39 Å². The molecule has 2 rings (SSSR count). The van der Waals surface area contributed by atoms with Crippen molar-refractivity contribution in [2.45, 2.75) is 6.54 Å². The Hall–Kier alpha value is -1.94. The molecule has 0 fully saturated rings. The summed E-state index contributed by atoms with van der Waals surface area (Å²) < 4.78 is 12.9. The van der Waals surface area contributed by atoms with E-state index < -0.39 is 0 Å². The lowest BCUT2D eigenvalue weighted by Gasteiger charge is -2.05. The summed E-state index contributed by atoms with van der Waals surface area (Å²) in [5, 5.41) is 3.00. The molecule has 0 saturated carbocycles. The Balaban J connectivity index is 2.14. The van der Waals surface area contributed by atoms with Gasteiger partial charge in [-0.25, -0.2) is 9.37 Å². The van der Waals surface area contributed by atoms with Crippen LogP contribution in [0.4, 0.5) is 15.9 Å². The highest BCUT2D eigenvalue weighted by Gasteiger charge is 1.97. The molecule has 82 valence electrons. The van der Waals surface area contributed by atoms with Crippen LogP contribution in [0, 0.1) is 5.82 Å². The second kappa shape index (κ2) is 4.72. The number of aromatic nitrogens is 1. The van der Waals surface area contributed by atoms with E-state index in [0.29, 0.717) is 18.1 Å². The molecule has 3 N–H and O–H groups in total. The largest absolute Gasteiger partial charge is 0.340 e. The molecule has 0 bridgehead atoms. The van der Waals surface area contributed by atoms with Crippen molar-refractivity contribution in [3.8, 4) is 0 Å². The standard InChI is InChI=1S/C12H12FN3/c13-10-2-1-3-11(6-10)16-12-5-4-9(7-14)8-15-12/h1-6,8H,7,14H2,(H,15,16). The number of anilines is 2. The lowest BCUT2D eigenvalue weighted by Crippen LogP contribution is -1.98. The molecule has 1 heterocycles. The van der Waals surface area contributed by atoms with Gasteiger partial charge in [0.05, 0.1) is 0 Å². The minimum Gasteiger partial charge on any atom is -0.340 e. The van der Waals surface area contributed by atoms with Crippen molar-refractivity contribution in [3.63, 3.8) is 0 Å². The van der Waals surface area contributed by atoms with Gasteiger partial charge in [-0.2, -0.15) is 0 Å². The van der Waals surface area contributed by atoms with Gasteiger partial charge in [-0.3, -0.25) is 0 Å². The van der Waals surface area contributed by atoms with Crippen molar-refractivity contribution in [1.29, 1.82) is 0 Å². The molecular formula is C12H12FN3. The Bertz CT molecular complexity index is 468. The lowest BCUT2D eigenvalue weighted by molar-refractivity contribution is 0.628. The van der Waals surface area contributed by atoms with E-state index in [1.807, 2.05) is 12.1 Å². The van der Waals surface area contributed by atoms with E-state index in [4.69, 9.17) is 5.73 Å². The molecule has 0 aliphatic heterocycles. The van der Waals surface area contributed by atoms with E-state index in [0.717, 1.165) is 5.56 Å². The highest BCUT2D eigenvalue weighted by atomic mass is 19.1. The molecule has 16 heavy (non-hydrogen) atoms. The Labute approximate surface area is 93.1 Å². The van der Waals surface area contributed by atoms with Gasteiger partial charge in [-0.05, 0) is 29.8 Å². The molecule has 4 heteroatoms. The van der Waals surface area contributed by atoms with Gasteiger partial charge >= 0.3 is 0 Å². The second-order valence-corrected chi connectivity index (χ2v) is 3.39. The number of benzene rings is 1. The number of nitrogens with two attached hydrogens (primary N) is 1. The summed E-state index contributed by atoms with van der Waals surface area (Å²) in [4.78, 5) is 4.16. The van der Waals surface area contributed by atoms with Crippen molar-refractivity contribution in [3.05, 3.63) is 54.0 Å². The number of nitrogens with one attached hydrogen (secondary N) is 1. The zero-order valence-corrected chi connectivity index (χ0v) is 8.65. The summed E-state index contributed by atoms with van der Waals surface area (Å²) in [6.07, 6.45) is 1.70. The molecule has 3 nitrogen and oxygen atoms in total. The molecular weight excluding hydrogens is 205 g/mol. The van der Waals surface area contributed by atoms with Gasteiger partial charge in [0.15, 0.2) is 0 Å². The molecule has 1 aromatic heterocycles. The molecule has 2 aromatic rings. The highest BCUT2D eigenvalue weighted by molar-refractivity contribution is 5.55. The molecule has 0 radical (unpaired) electrons. The van der Waals surface area contributed by atoms with Gasteiger partial charge in [0.25, 0.3) is 0 Å². The fraction of sp³-hybridized carbons (Fsp3) is 0.0833. The van der Waals surface area contributed by atoms with Crippen LogP contribution in [0.25, 0.3) is 0 Å². The first-order chi connectivity index (χ1) is 7.78. The maximum Gasteiger partial charge on any atom is 0.130 e.